The van der Waals surface area contributed by atoms with Crippen LogP contribution in [0.15, 0.2) is 114 Å². The average Bonchev–Trinajstić information content (AvgIpc) is 3.52. The van der Waals surface area contributed by atoms with Crippen LogP contribution in [0.5, 0.6) is 0 Å². The second-order valence-corrected chi connectivity index (χ2v) is 14.6. The van der Waals surface area contributed by atoms with Crippen molar-refractivity contribution in [1.29, 1.82) is 0 Å². The van der Waals surface area contributed by atoms with E-state index in [1.54, 1.807) is 0 Å². The number of rotatable bonds is 6. The van der Waals surface area contributed by atoms with Crippen LogP contribution < -0.4 is 0 Å². The van der Waals surface area contributed by atoms with E-state index in [-0.39, 0.29) is 20.1 Å². The van der Waals surface area contributed by atoms with Crippen molar-refractivity contribution in [1.82, 2.24) is 15.0 Å². The Morgan fingerprint density at radius 1 is 0.630 bits per heavy atom. The van der Waals surface area contributed by atoms with E-state index >= 15 is 0 Å². The van der Waals surface area contributed by atoms with Gasteiger partial charge in [-0.25, -0.2) is 4.98 Å². The number of nitrogens with zero attached hydrogens (tertiary/aromatic N) is 3. The molecule has 0 N–H and O–H groups in total. The van der Waals surface area contributed by atoms with E-state index in [0.717, 1.165) is 56.5 Å². The van der Waals surface area contributed by atoms with Crippen molar-refractivity contribution in [2.75, 3.05) is 0 Å². The van der Waals surface area contributed by atoms with E-state index in [0.29, 0.717) is 11.6 Å². The maximum Gasteiger partial charge on any atom is 0.216 e. The van der Waals surface area contributed by atoms with Gasteiger partial charge in [-0.05, 0) is 104 Å². The van der Waals surface area contributed by atoms with Gasteiger partial charge in [0.1, 0.15) is 0 Å². The molecule has 0 unspecified atom stereocenters. The van der Waals surface area contributed by atoms with Gasteiger partial charge in [0.05, 0.1) is 11.3 Å². The van der Waals surface area contributed by atoms with Gasteiger partial charge in [-0.3, -0.25) is 0 Å². The molecule has 8 aromatic rings. The Hall–Kier alpha value is -5.22. The van der Waals surface area contributed by atoms with Crippen LogP contribution in [0.2, 0.25) is 0 Å². The minimum atomic E-state index is 0. The van der Waals surface area contributed by atoms with Gasteiger partial charge in [0.15, 0.2) is 0 Å². The van der Waals surface area contributed by atoms with E-state index in [1.807, 2.05) is 30.6 Å². The van der Waals surface area contributed by atoms with Crippen molar-refractivity contribution in [2.45, 2.75) is 61.8 Å². The van der Waals surface area contributed by atoms with Crippen LogP contribution in [-0.4, -0.2) is 15.0 Å². The smallest absolute Gasteiger partial charge is 0.216 e. The first kappa shape index (κ1) is 38.5. The van der Waals surface area contributed by atoms with E-state index in [4.69, 9.17) is 14.4 Å². The molecule has 4 aromatic carbocycles. The topological polar surface area (TPSA) is 51.8 Å². The molecule has 0 aliphatic carbocycles. The first-order chi connectivity index (χ1) is 25.5. The SMILES string of the molecule is Cc1c[c-]c(-c2cc(C)c(C)cn2)cc1.Cc1cc(-c2[c-]ccc3c2oc2nc(-c4c(C)cc(-c5ccccc5)cc4C)ccc23)ncc1CC(C)C.[Ir]. The second-order valence-electron chi connectivity index (χ2n) is 14.6. The standard InChI is InChI=1S/C35H31N2O.C14H14N.Ir/c1-21(2)16-27-20-36-32(19-22(27)3)30-13-9-12-28-29-14-15-31(37-35(29)38-34(28)30)33-23(4)17-26(18-24(33)5)25-10-7-6-8-11-25;1-10-4-6-13(7-5-10)14-8-11(2)12(3)9-15-14;/h6-12,14-15,17-21H,16H2,1-5H3;4-6,8-9H,1-3H3;/q2*-1;. The molecule has 0 aliphatic rings. The Balaban J connectivity index is 0.000000261. The largest absolute Gasteiger partial charge is 0.486 e. The maximum atomic E-state index is 6.43. The Bertz CT molecular complexity index is 2550. The van der Waals surface area contributed by atoms with Gasteiger partial charge in [0.25, 0.3) is 0 Å². The summed E-state index contributed by atoms with van der Waals surface area (Å²) in [5.74, 6) is 0.591. The van der Waals surface area contributed by atoms with Gasteiger partial charge in [-0.2, -0.15) is 0 Å². The molecule has 0 saturated heterocycles. The number of furan rings is 1. The summed E-state index contributed by atoms with van der Waals surface area (Å²) in [6.45, 7) is 17.2. The van der Waals surface area contributed by atoms with Gasteiger partial charge < -0.3 is 14.4 Å². The Kier molecular flexibility index (Phi) is 11.7. The third-order valence-corrected chi connectivity index (χ3v) is 9.91. The zero-order chi connectivity index (χ0) is 37.2. The van der Waals surface area contributed by atoms with Crippen molar-refractivity contribution in [3.8, 4) is 44.9 Å². The summed E-state index contributed by atoms with van der Waals surface area (Å²) in [7, 11) is 0. The summed E-state index contributed by atoms with van der Waals surface area (Å²) in [5.41, 5.74) is 18.4. The van der Waals surface area contributed by atoms with Gasteiger partial charge >= 0.3 is 0 Å². The van der Waals surface area contributed by atoms with Crippen LogP contribution in [-0.2, 0) is 26.5 Å². The second kappa shape index (κ2) is 16.4. The monoisotopic (exact) mass is 884 g/mol. The first-order valence-corrected chi connectivity index (χ1v) is 18.3. The average molecular weight is 884 g/mol. The normalized spacial score (nSPS) is 11.1. The first-order valence-electron chi connectivity index (χ1n) is 18.3. The zero-order valence-electron chi connectivity index (χ0n) is 32.3. The fourth-order valence-corrected chi connectivity index (χ4v) is 6.92. The molecular weight excluding hydrogens is 839 g/mol. The van der Waals surface area contributed by atoms with E-state index in [2.05, 4.69) is 151 Å². The summed E-state index contributed by atoms with van der Waals surface area (Å²) < 4.78 is 6.43. The third kappa shape index (κ3) is 8.13. The van der Waals surface area contributed by atoms with Crippen molar-refractivity contribution in [3.63, 3.8) is 0 Å². The van der Waals surface area contributed by atoms with Gasteiger partial charge in [0, 0.05) is 43.4 Å². The Labute approximate surface area is 333 Å². The molecule has 8 rings (SSSR count). The molecule has 0 saturated carbocycles. The Morgan fingerprint density at radius 2 is 1.35 bits per heavy atom. The quantitative estimate of drug-likeness (QED) is 0.156. The molecule has 1 radical (unpaired) electrons. The van der Waals surface area contributed by atoms with Crippen LogP contribution in [0.4, 0.5) is 0 Å². The molecule has 0 fully saturated rings. The molecular formula is C49H45IrN3O-2. The predicted molar refractivity (Wildman–Crippen MR) is 220 cm³/mol. The van der Waals surface area contributed by atoms with Crippen molar-refractivity contribution >= 4 is 22.1 Å². The molecule has 54 heavy (non-hydrogen) atoms. The van der Waals surface area contributed by atoms with Gasteiger partial charge in [-0.1, -0.05) is 97.4 Å². The summed E-state index contributed by atoms with van der Waals surface area (Å²) in [6.07, 6.45) is 4.94. The number of fused-ring (bicyclic) bond motifs is 3. The van der Waals surface area contributed by atoms with Crippen LogP contribution in [0.3, 0.4) is 0 Å². The van der Waals surface area contributed by atoms with Crippen LogP contribution in [0.25, 0.3) is 67.0 Å². The molecule has 0 spiro atoms. The molecule has 0 aliphatic heterocycles. The molecule has 4 nitrogen and oxygen atoms in total. The zero-order valence-corrected chi connectivity index (χ0v) is 34.7. The van der Waals surface area contributed by atoms with Crippen molar-refractivity contribution in [3.05, 3.63) is 161 Å². The minimum absolute atomic E-state index is 0. The van der Waals surface area contributed by atoms with Crippen molar-refractivity contribution in [2.24, 2.45) is 5.92 Å². The van der Waals surface area contributed by atoms with E-state index < -0.39 is 0 Å². The minimum Gasteiger partial charge on any atom is -0.486 e. The van der Waals surface area contributed by atoms with Crippen LogP contribution in [0.1, 0.15) is 52.8 Å². The Morgan fingerprint density at radius 3 is 2.02 bits per heavy atom. The van der Waals surface area contributed by atoms with Crippen LogP contribution >= 0.6 is 0 Å². The molecule has 0 amide bonds. The predicted octanol–water partition coefficient (Wildman–Crippen LogP) is 12.8. The number of benzene rings is 4. The molecule has 0 bridgehead atoms. The summed E-state index contributed by atoms with van der Waals surface area (Å²) in [5, 5.41) is 2.04. The summed E-state index contributed by atoms with van der Waals surface area (Å²) in [6, 6.07) is 40.2. The fraction of sp³-hybridized carbons (Fsp3) is 0.204. The van der Waals surface area contributed by atoms with E-state index in [1.165, 1.54) is 50.1 Å². The van der Waals surface area contributed by atoms with Gasteiger partial charge in [0.2, 0.25) is 5.71 Å². The summed E-state index contributed by atoms with van der Waals surface area (Å²) >= 11 is 0. The number of aryl methyl sites for hydroxylation is 6. The number of aromatic nitrogens is 3. The molecule has 273 valence electrons. The molecule has 4 heterocycles. The van der Waals surface area contributed by atoms with Crippen LogP contribution in [0, 0.1) is 59.6 Å². The maximum absolute atomic E-state index is 6.43. The number of hydrogen-bond donors (Lipinski definition) is 0. The molecule has 0 atom stereocenters. The fourth-order valence-electron chi connectivity index (χ4n) is 6.92. The van der Waals surface area contributed by atoms with E-state index in [9.17, 15) is 0 Å². The third-order valence-electron chi connectivity index (χ3n) is 9.91. The number of hydrogen-bond acceptors (Lipinski definition) is 4. The summed E-state index contributed by atoms with van der Waals surface area (Å²) in [4.78, 5) is 14.2. The van der Waals surface area contributed by atoms with Crippen molar-refractivity contribution < 1.29 is 24.5 Å². The van der Waals surface area contributed by atoms with Gasteiger partial charge in [-0.15, -0.1) is 53.6 Å². The molecule has 5 heteroatoms. The molecule has 4 aromatic heterocycles. The number of pyridine rings is 3.